The predicted octanol–water partition coefficient (Wildman–Crippen LogP) is 0.0915. The quantitative estimate of drug-likeness (QED) is 0.740. The monoisotopic (exact) mass is 252 g/mol. The number of amides is 1. The molecule has 0 spiro atoms. The van der Waals surface area contributed by atoms with E-state index in [1.54, 1.807) is 6.92 Å². The first-order valence-corrected chi connectivity index (χ1v) is 5.76. The number of nitrogen functional groups attached to an aromatic ring is 1. The number of aromatic nitrogens is 2. The van der Waals surface area contributed by atoms with E-state index in [0.29, 0.717) is 0 Å². The van der Waals surface area contributed by atoms with Crippen molar-refractivity contribution in [3.05, 3.63) is 11.9 Å². The maximum Gasteiger partial charge on any atom is 0.360 e. The van der Waals surface area contributed by atoms with Crippen LogP contribution in [0.15, 0.2) is 6.20 Å². The van der Waals surface area contributed by atoms with Crippen LogP contribution in [0.25, 0.3) is 0 Å². The molecule has 1 heterocycles. The van der Waals surface area contributed by atoms with Gasteiger partial charge in [-0.2, -0.15) is 5.10 Å². The number of hydrogen-bond acceptors (Lipinski definition) is 5. The van der Waals surface area contributed by atoms with Gasteiger partial charge >= 0.3 is 5.97 Å². The van der Waals surface area contributed by atoms with Crippen molar-refractivity contribution in [3.8, 4) is 0 Å². The van der Waals surface area contributed by atoms with Crippen molar-refractivity contribution in [1.82, 2.24) is 15.1 Å². The molecular formula is C11H16N4O3. The lowest BCUT2D eigenvalue weighted by Gasteiger charge is -2.11. The van der Waals surface area contributed by atoms with Crippen LogP contribution in [0.4, 0.5) is 5.69 Å². The van der Waals surface area contributed by atoms with Gasteiger partial charge in [-0.05, 0) is 19.8 Å². The summed E-state index contributed by atoms with van der Waals surface area (Å²) in [6, 6.07) is -0.223. The summed E-state index contributed by atoms with van der Waals surface area (Å²) in [5, 5.41) is 6.85. The fraction of sp³-hybridized carbons (Fsp3) is 0.545. The maximum absolute atomic E-state index is 11.8. The van der Waals surface area contributed by atoms with Crippen molar-refractivity contribution in [2.75, 3.05) is 12.8 Å². The van der Waals surface area contributed by atoms with E-state index in [-0.39, 0.29) is 23.3 Å². The number of nitrogens with one attached hydrogen (secondary N) is 1. The molecule has 7 nitrogen and oxygen atoms in total. The molecule has 18 heavy (non-hydrogen) atoms. The van der Waals surface area contributed by atoms with E-state index < -0.39 is 12.0 Å². The number of carbonyl (C=O) groups excluding carboxylic acids is 2. The van der Waals surface area contributed by atoms with Crippen LogP contribution in [0, 0.1) is 0 Å². The summed E-state index contributed by atoms with van der Waals surface area (Å²) in [6.45, 7) is 1.70. The van der Waals surface area contributed by atoms with Gasteiger partial charge in [0.25, 0.3) is 0 Å². The molecular weight excluding hydrogens is 236 g/mol. The topological polar surface area (TPSA) is 99.2 Å². The second-order valence-electron chi connectivity index (χ2n) is 4.36. The van der Waals surface area contributed by atoms with Crippen molar-refractivity contribution in [3.63, 3.8) is 0 Å². The van der Waals surface area contributed by atoms with E-state index >= 15 is 0 Å². The van der Waals surface area contributed by atoms with E-state index in [1.807, 2.05) is 0 Å². The van der Waals surface area contributed by atoms with Gasteiger partial charge in [0.2, 0.25) is 5.91 Å². The number of esters is 1. The molecule has 1 amide bonds. The average molecular weight is 252 g/mol. The largest absolute Gasteiger partial charge is 0.464 e. The first-order chi connectivity index (χ1) is 8.52. The van der Waals surface area contributed by atoms with Gasteiger partial charge in [-0.25, -0.2) is 4.79 Å². The standard InChI is InChI=1S/C11H16N4O3/c1-6(10(16)13-7-3-4-7)15-5-8(12)9(14-15)11(17)18-2/h5-7H,3-4,12H2,1-2H3,(H,13,16). The number of anilines is 1. The Hall–Kier alpha value is -2.05. The highest BCUT2D eigenvalue weighted by atomic mass is 16.5. The molecule has 3 N–H and O–H groups in total. The van der Waals surface area contributed by atoms with Crippen molar-refractivity contribution >= 4 is 17.6 Å². The Balaban J connectivity index is 2.12. The Kier molecular flexibility index (Phi) is 3.22. The third kappa shape index (κ3) is 2.44. The van der Waals surface area contributed by atoms with E-state index in [0.717, 1.165) is 12.8 Å². The summed E-state index contributed by atoms with van der Waals surface area (Å²) in [6.07, 6.45) is 3.50. The van der Waals surface area contributed by atoms with Crippen LogP contribution in [0.2, 0.25) is 0 Å². The minimum atomic E-state index is -0.610. The second-order valence-corrected chi connectivity index (χ2v) is 4.36. The number of rotatable bonds is 4. The molecule has 1 aromatic heterocycles. The minimum absolute atomic E-state index is 0.0311. The Morgan fingerprint density at radius 1 is 1.61 bits per heavy atom. The molecule has 1 aromatic rings. The Labute approximate surface area is 104 Å². The zero-order valence-corrected chi connectivity index (χ0v) is 10.3. The number of hydrogen-bond donors (Lipinski definition) is 2. The third-order valence-corrected chi connectivity index (χ3v) is 2.84. The normalized spacial score (nSPS) is 16.1. The van der Waals surface area contributed by atoms with Crippen LogP contribution in [0.1, 0.15) is 36.3 Å². The van der Waals surface area contributed by atoms with Crippen LogP contribution >= 0.6 is 0 Å². The molecule has 0 aromatic carbocycles. The molecule has 1 unspecified atom stereocenters. The lowest BCUT2D eigenvalue weighted by molar-refractivity contribution is -0.124. The van der Waals surface area contributed by atoms with Gasteiger partial charge in [-0.15, -0.1) is 0 Å². The van der Waals surface area contributed by atoms with Gasteiger partial charge in [0.15, 0.2) is 5.69 Å². The zero-order valence-electron chi connectivity index (χ0n) is 10.3. The van der Waals surface area contributed by atoms with Crippen LogP contribution in [-0.4, -0.2) is 34.8 Å². The van der Waals surface area contributed by atoms with E-state index in [9.17, 15) is 9.59 Å². The molecule has 1 saturated carbocycles. The smallest absolute Gasteiger partial charge is 0.360 e. The number of nitrogens with two attached hydrogens (primary N) is 1. The predicted molar refractivity (Wildman–Crippen MR) is 63.9 cm³/mol. The third-order valence-electron chi connectivity index (χ3n) is 2.84. The molecule has 7 heteroatoms. The molecule has 1 aliphatic carbocycles. The van der Waals surface area contributed by atoms with Crippen molar-refractivity contribution in [2.45, 2.75) is 31.8 Å². The fourth-order valence-electron chi connectivity index (χ4n) is 1.53. The Morgan fingerprint density at radius 2 is 2.28 bits per heavy atom. The van der Waals surface area contributed by atoms with Gasteiger partial charge in [0.1, 0.15) is 6.04 Å². The second kappa shape index (κ2) is 4.67. The molecule has 0 aliphatic heterocycles. The van der Waals surface area contributed by atoms with Crippen LogP contribution < -0.4 is 11.1 Å². The minimum Gasteiger partial charge on any atom is -0.464 e. The highest BCUT2D eigenvalue weighted by Gasteiger charge is 2.27. The molecule has 2 rings (SSSR count). The molecule has 98 valence electrons. The van der Waals surface area contributed by atoms with Gasteiger partial charge in [0.05, 0.1) is 12.8 Å². The Morgan fingerprint density at radius 3 is 2.83 bits per heavy atom. The molecule has 1 fully saturated rings. The molecule has 0 bridgehead atoms. The number of carbonyl (C=O) groups is 2. The number of nitrogens with zero attached hydrogens (tertiary/aromatic N) is 2. The molecule has 0 radical (unpaired) electrons. The Bertz CT molecular complexity index is 479. The first-order valence-electron chi connectivity index (χ1n) is 5.76. The first kappa shape index (κ1) is 12.4. The van der Waals surface area contributed by atoms with Crippen molar-refractivity contribution < 1.29 is 14.3 Å². The van der Waals surface area contributed by atoms with E-state index in [2.05, 4.69) is 15.2 Å². The fourth-order valence-corrected chi connectivity index (χ4v) is 1.53. The summed E-state index contributed by atoms with van der Waals surface area (Å²) in [4.78, 5) is 23.2. The lowest BCUT2D eigenvalue weighted by Crippen LogP contribution is -2.32. The highest BCUT2D eigenvalue weighted by Crippen LogP contribution is 2.20. The lowest BCUT2D eigenvalue weighted by atomic mass is 10.3. The van der Waals surface area contributed by atoms with Gasteiger partial charge in [-0.3, -0.25) is 9.48 Å². The SMILES string of the molecule is COC(=O)c1nn(C(C)C(=O)NC2CC2)cc1N. The van der Waals surface area contributed by atoms with Crippen LogP contribution in [-0.2, 0) is 9.53 Å². The average Bonchev–Trinajstić information content (AvgIpc) is 3.08. The van der Waals surface area contributed by atoms with Gasteiger partial charge in [0, 0.05) is 12.2 Å². The molecule has 1 atom stereocenters. The van der Waals surface area contributed by atoms with Crippen LogP contribution in [0.3, 0.4) is 0 Å². The number of ether oxygens (including phenoxy) is 1. The molecule has 0 saturated heterocycles. The van der Waals surface area contributed by atoms with E-state index in [4.69, 9.17) is 5.73 Å². The summed E-state index contributed by atoms with van der Waals surface area (Å²) in [5.41, 5.74) is 5.89. The highest BCUT2D eigenvalue weighted by molar-refractivity contribution is 5.92. The van der Waals surface area contributed by atoms with Crippen LogP contribution in [0.5, 0.6) is 0 Å². The number of methoxy groups -OCH3 is 1. The summed E-state index contributed by atoms with van der Waals surface area (Å²) in [7, 11) is 1.25. The van der Waals surface area contributed by atoms with Gasteiger partial charge in [-0.1, -0.05) is 0 Å². The van der Waals surface area contributed by atoms with Gasteiger partial charge < -0.3 is 15.8 Å². The summed E-state index contributed by atoms with van der Waals surface area (Å²) < 4.78 is 5.92. The summed E-state index contributed by atoms with van der Waals surface area (Å²) in [5.74, 6) is -0.738. The molecule has 1 aliphatic rings. The van der Waals surface area contributed by atoms with E-state index in [1.165, 1.54) is 18.0 Å². The zero-order chi connectivity index (χ0) is 13.3. The summed E-state index contributed by atoms with van der Waals surface area (Å²) >= 11 is 0. The maximum atomic E-state index is 11.8. The van der Waals surface area contributed by atoms with Crippen molar-refractivity contribution in [1.29, 1.82) is 0 Å². The van der Waals surface area contributed by atoms with Crippen molar-refractivity contribution in [2.24, 2.45) is 0 Å².